The minimum Gasteiger partial charge on any atom is -0.380 e. The predicted molar refractivity (Wildman–Crippen MR) is 116 cm³/mol. The van der Waals surface area contributed by atoms with Gasteiger partial charge in [-0.3, -0.25) is 0 Å². The number of hydrogen-bond acceptors (Lipinski definition) is 5. The summed E-state index contributed by atoms with van der Waals surface area (Å²) in [7, 11) is 0. The summed E-state index contributed by atoms with van der Waals surface area (Å²) >= 11 is 18.0. The molecule has 0 bridgehead atoms. The first-order valence-corrected chi connectivity index (χ1v) is 9.26. The van der Waals surface area contributed by atoms with Crippen molar-refractivity contribution < 1.29 is 9.47 Å². The van der Waals surface area contributed by atoms with Gasteiger partial charge in [0.15, 0.2) is 0 Å². The molecule has 0 rings (SSSR count). The maximum atomic E-state index is 5.18. The van der Waals surface area contributed by atoms with Crippen molar-refractivity contribution in [2.24, 2.45) is 0 Å². The van der Waals surface area contributed by atoms with Crippen LogP contribution < -0.4 is 6.15 Å². The second-order valence-corrected chi connectivity index (χ2v) is 6.34. The minimum atomic E-state index is 0. The molecule has 140 valence electrons. The van der Waals surface area contributed by atoms with Gasteiger partial charge in [0.25, 0.3) is 0 Å². The number of ether oxygens (including phenoxy) is 2. The van der Waals surface area contributed by atoms with Gasteiger partial charge >= 0.3 is 0 Å². The molecular formula is C14H33N3O2S4. The highest BCUT2D eigenvalue weighted by molar-refractivity contribution is 8.11. The molecule has 0 saturated heterocycles. The van der Waals surface area contributed by atoms with Gasteiger partial charge in [-0.15, -0.1) is 25.3 Å². The Labute approximate surface area is 163 Å². The van der Waals surface area contributed by atoms with Gasteiger partial charge in [-0.1, -0.05) is 24.4 Å². The Morgan fingerprint density at radius 1 is 0.783 bits per heavy atom. The quantitative estimate of drug-likeness (QED) is 0.294. The van der Waals surface area contributed by atoms with Crippen molar-refractivity contribution in [1.29, 1.82) is 0 Å². The van der Waals surface area contributed by atoms with E-state index in [1.807, 2.05) is 23.6 Å². The summed E-state index contributed by atoms with van der Waals surface area (Å²) in [5.41, 5.74) is 0. The van der Waals surface area contributed by atoms with Gasteiger partial charge in [-0.05, 0) is 27.7 Å². The maximum Gasteiger partial charge on any atom is 0.133 e. The Bertz CT molecular complexity index is 269. The van der Waals surface area contributed by atoms with E-state index in [0.717, 1.165) is 52.6 Å². The molecule has 3 N–H and O–H groups in total. The third kappa shape index (κ3) is 18.5. The van der Waals surface area contributed by atoms with Gasteiger partial charge < -0.3 is 25.4 Å². The average molecular weight is 404 g/mol. The van der Waals surface area contributed by atoms with Crippen LogP contribution in [0, 0.1) is 0 Å². The van der Waals surface area contributed by atoms with Crippen molar-refractivity contribution in [3.63, 3.8) is 0 Å². The first-order chi connectivity index (χ1) is 10.4. The fraction of sp³-hybridized carbons (Fsp3) is 0.857. The van der Waals surface area contributed by atoms with Crippen LogP contribution in [0.5, 0.6) is 0 Å². The fourth-order valence-electron chi connectivity index (χ4n) is 1.42. The Morgan fingerprint density at radius 3 is 1.26 bits per heavy atom. The van der Waals surface area contributed by atoms with Crippen molar-refractivity contribution in [2.45, 2.75) is 27.7 Å². The van der Waals surface area contributed by atoms with E-state index < -0.39 is 0 Å². The maximum absolute atomic E-state index is 5.18. The second-order valence-electron chi connectivity index (χ2n) is 4.12. The largest absolute Gasteiger partial charge is 0.380 e. The highest BCUT2D eigenvalue weighted by atomic mass is 32.1. The molecule has 0 amide bonds. The highest BCUT2D eigenvalue weighted by Crippen LogP contribution is 1.96. The second kappa shape index (κ2) is 20.4. The van der Waals surface area contributed by atoms with E-state index in [4.69, 9.17) is 33.9 Å². The molecule has 0 spiro atoms. The zero-order valence-corrected chi connectivity index (χ0v) is 18.2. The first-order valence-electron chi connectivity index (χ1n) is 7.55. The smallest absolute Gasteiger partial charge is 0.133 e. The van der Waals surface area contributed by atoms with Gasteiger partial charge in [0.05, 0.1) is 13.2 Å². The highest BCUT2D eigenvalue weighted by Gasteiger charge is 2.02. The van der Waals surface area contributed by atoms with Crippen LogP contribution in [0.1, 0.15) is 27.7 Å². The number of rotatable bonds is 10. The van der Waals surface area contributed by atoms with Crippen molar-refractivity contribution >= 4 is 58.3 Å². The first kappa shape index (κ1) is 28.2. The number of hydrogen-bond donors (Lipinski definition) is 3. The normalized spacial score (nSPS) is 9.30. The van der Waals surface area contributed by atoms with E-state index in [1.165, 1.54) is 0 Å². The standard InChI is InChI=1S/2C7H15NOS2.H3N/c2*1-3-8(7(10)11)5-6-9-4-2;/h2*3-6H2,1-2H3,(H,10,11);1H3. The zero-order chi connectivity index (χ0) is 17.4. The lowest BCUT2D eigenvalue weighted by Crippen LogP contribution is -2.29. The third-order valence-corrected chi connectivity index (χ3v) is 3.81. The summed E-state index contributed by atoms with van der Waals surface area (Å²) in [6, 6.07) is 0. The van der Waals surface area contributed by atoms with Gasteiger partial charge in [0.2, 0.25) is 0 Å². The number of thiol groups is 2. The molecule has 23 heavy (non-hydrogen) atoms. The van der Waals surface area contributed by atoms with E-state index in [0.29, 0.717) is 8.64 Å². The molecule has 0 heterocycles. The molecule has 0 aromatic heterocycles. The molecule has 5 nitrogen and oxygen atoms in total. The Balaban J connectivity index is -0.000000333. The van der Waals surface area contributed by atoms with Crippen LogP contribution in [0.3, 0.4) is 0 Å². The topological polar surface area (TPSA) is 59.9 Å². The van der Waals surface area contributed by atoms with Crippen molar-refractivity contribution in [3.8, 4) is 0 Å². The number of likely N-dealkylation sites (N-methyl/N-ethyl adjacent to an activating group) is 2. The minimum absolute atomic E-state index is 0. The van der Waals surface area contributed by atoms with Crippen LogP contribution >= 0.6 is 49.7 Å². The lowest BCUT2D eigenvalue weighted by atomic mass is 10.5. The molecule has 9 heteroatoms. The molecule has 0 fully saturated rings. The summed E-state index contributed by atoms with van der Waals surface area (Å²) in [5.74, 6) is 0. The van der Waals surface area contributed by atoms with Crippen LogP contribution in [-0.4, -0.2) is 71.0 Å². The molecule has 0 unspecified atom stereocenters. The summed E-state index contributed by atoms with van der Waals surface area (Å²) in [5, 5.41) is 0. The van der Waals surface area contributed by atoms with Crippen LogP contribution in [0.4, 0.5) is 0 Å². The summed E-state index contributed by atoms with van der Waals surface area (Å²) in [6.07, 6.45) is 0. The molecule has 0 radical (unpaired) electrons. The Hall–Kier alpha value is 0.360. The van der Waals surface area contributed by atoms with Gasteiger partial charge in [-0.25, -0.2) is 0 Å². The monoisotopic (exact) mass is 403 g/mol. The zero-order valence-electron chi connectivity index (χ0n) is 14.8. The fourth-order valence-corrected chi connectivity index (χ4v) is 2.34. The van der Waals surface area contributed by atoms with Crippen molar-refractivity contribution in [2.75, 3.05) is 52.6 Å². The van der Waals surface area contributed by atoms with Crippen molar-refractivity contribution in [3.05, 3.63) is 0 Å². The predicted octanol–water partition coefficient (Wildman–Crippen LogP) is 3.28. The Morgan fingerprint density at radius 2 is 1.09 bits per heavy atom. The third-order valence-electron chi connectivity index (χ3n) is 2.72. The summed E-state index contributed by atoms with van der Waals surface area (Å²) < 4.78 is 11.7. The lowest BCUT2D eigenvalue weighted by Gasteiger charge is -2.19. The van der Waals surface area contributed by atoms with Gasteiger partial charge in [0.1, 0.15) is 8.64 Å². The summed E-state index contributed by atoms with van der Waals surface area (Å²) in [4.78, 5) is 3.99. The van der Waals surface area contributed by atoms with Crippen LogP contribution in [0.15, 0.2) is 0 Å². The van der Waals surface area contributed by atoms with E-state index in [9.17, 15) is 0 Å². The number of thiocarbonyl (C=S) groups is 2. The SMILES string of the molecule is CCOCCN(CC)C(=S)S.CCOCCN(CC)C(=S)S.N. The van der Waals surface area contributed by atoms with Crippen LogP contribution in [0.2, 0.25) is 0 Å². The van der Waals surface area contributed by atoms with E-state index in [2.05, 4.69) is 39.1 Å². The van der Waals surface area contributed by atoms with Crippen LogP contribution in [-0.2, 0) is 9.47 Å². The molecule has 0 atom stereocenters. The Kier molecular flexibility index (Phi) is 25.0. The van der Waals surface area contributed by atoms with Gasteiger partial charge in [0, 0.05) is 39.4 Å². The number of nitrogens with zero attached hydrogens (tertiary/aromatic N) is 2. The van der Waals surface area contributed by atoms with E-state index in [1.54, 1.807) is 0 Å². The van der Waals surface area contributed by atoms with Crippen LogP contribution in [0.25, 0.3) is 0 Å². The molecular weight excluding hydrogens is 370 g/mol. The van der Waals surface area contributed by atoms with Crippen molar-refractivity contribution in [1.82, 2.24) is 16.0 Å². The average Bonchev–Trinajstić information content (AvgIpc) is 2.48. The molecule has 0 aromatic carbocycles. The summed E-state index contributed by atoms with van der Waals surface area (Å²) in [6.45, 7) is 14.5. The molecule has 0 aliphatic heterocycles. The van der Waals surface area contributed by atoms with Gasteiger partial charge in [-0.2, -0.15) is 0 Å². The van der Waals surface area contributed by atoms with E-state index in [-0.39, 0.29) is 6.15 Å². The molecule has 0 saturated carbocycles. The molecule has 0 aliphatic rings. The molecule has 0 aromatic rings. The molecule has 0 aliphatic carbocycles. The lowest BCUT2D eigenvalue weighted by molar-refractivity contribution is 0.134. The van der Waals surface area contributed by atoms with E-state index >= 15 is 0 Å².